The standard InChI is InChI=1S/C15H21NO2S/c17-14(18)13-4-3-12(19-13)11-16-9-7-15(8-10-16)5-1-2-6-15/h3-4H,1-2,5-11H2,(H,17,18). The van der Waals surface area contributed by atoms with Crippen LogP contribution in [-0.2, 0) is 6.54 Å². The van der Waals surface area contributed by atoms with E-state index < -0.39 is 5.97 Å². The molecule has 2 aliphatic rings. The molecule has 2 heterocycles. The summed E-state index contributed by atoms with van der Waals surface area (Å²) < 4.78 is 0. The lowest BCUT2D eigenvalue weighted by Crippen LogP contribution is -2.38. The molecule has 0 atom stereocenters. The molecule has 3 nitrogen and oxygen atoms in total. The molecular weight excluding hydrogens is 258 g/mol. The summed E-state index contributed by atoms with van der Waals surface area (Å²) in [6.07, 6.45) is 8.39. The van der Waals surface area contributed by atoms with E-state index >= 15 is 0 Å². The van der Waals surface area contributed by atoms with Crippen LogP contribution >= 0.6 is 11.3 Å². The summed E-state index contributed by atoms with van der Waals surface area (Å²) in [7, 11) is 0. The van der Waals surface area contributed by atoms with Crippen molar-refractivity contribution >= 4 is 17.3 Å². The van der Waals surface area contributed by atoms with Crippen molar-refractivity contribution in [1.29, 1.82) is 0 Å². The maximum Gasteiger partial charge on any atom is 0.345 e. The Morgan fingerprint density at radius 1 is 1.21 bits per heavy atom. The van der Waals surface area contributed by atoms with Crippen LogP contribution in [0.3, 0.4) is 0 Å². The van der Waals surface area contributed by atoms with Crippen molar-refractivity contribution in [3.05, 3.63) is 21.9 Å². The van der Waals surface area contributed by atoms with Crippen molar-refractivity contribution in [3.63, 3.8) is 0 Å². The average molecular weight is 279 g/mol. The monoisotopic (exact) mass is 279 g/mol. The maximum atomic E-state index is 10.9. The van der Waals surface area contributed by atoms with Crippen molar-refractivity contribution in [1.82, 2.24) is 4.90 Å². The highest BCUT2D eigenvalue weighted by Crippen LogP contribution is 2.46. The van der Waals surface area contributed by atoms with E-state index in [0.29, 0.717) is 10.3 Å². The Morgan fingerprint density at radius 2 is 1.89 bits per heavy atom. The van der Waals surface area contributed by atoms with Gasteiger partial charge in [0.05, 0.1) is 0 Å². The second-order valence-corrected chi connectivity index (χ2v) is 7.22. The minimum absolute atomic E-state index is 0.458. The van der Waals surface area contributed by atoms with Crippen molar-refractivity contribution in [3.8, 4) is 0 Å². The normalized spacial score (nSPS) is 22.9. The van der Waals surface area contributed by atoms with Gasteiger partial charge in [0.15, 0.2) is 0 Å². The Bertz CT molecular complexity index is 452. The molecule has 3 rings (SSSR count). The first kappa shape index (κ1) is 13.1. The summed E-state index contributed by atoms with van der Waals surface area (Å²) in [5, 5.41) is 8.94. The van der Waals surface area contributed by atoms with Crippen LogP contribution in [0.25, 0.3) is 0 Å². The predicted octanol–water partition coefficient (Wildman–Crippen LogP) is 3.60. The van der Waals surface area contributed by atoms with Crippen molar-refractivity contribution in [2.75, 3.05) is 13.1 Å². The topological polar surface area (TPSA) is 40.5 Å². The largest absolute Gasteiger partial charge is 0.477 e. The number of carbonyl (C=O) groups is 1. The number of nitrogens with zero attached hydrogens (tertiary/aromatic N) is 1. The average Bonchev–Trinajstić information content (AvgIpc) is 3.02. The van der Waals surface area contributed by atoms with Gasteiger partial charge in [0.1, 0.15) is 4.88 Å². The number of thiophene rings is 1. The van der Waals surface area contributed by atoms with E-state index in [2.05, 4.69) is 4.90 Å². The van der Waals surface area contributed by atoms with Gasteiger partial charge in [-0.2, -0.15) is 0 Å². The van der Waals surface area contributed by atoms with E-state index in [1.54, 1.807) is 6.07 Å². The molecule has 0 bridgehead atoms. The fraction of sp³-hybridized carbons (Fsp3) is 0.667. The van der Waals surface area contributed by atoms with Gasteiger partial charge in [-0.3, -0.25) is 4.90 Å². The highest BCUT2D eigenvalue weighted by molar-refractivity contribution is 7.13. The molecule has 4 heteroatoms. The molecular formula is C15H21NO2S. The molecule has 104 valence electrons. The van der Waals surface area contributed by atoms with Gasteiger partial charge in [-0.1, -0.05) is 12.8 Å². The van der Waals surface area contributed by atoms with Crippen molar-refractivity contribution in [2.45, 2.75) is 45.1 Å². The zero-order valence-electron chi connectivity index (χ0n) is 11.2. The van der Waals surface area contributed by atoms with Gasteiger partial charge in [0.2, 0.25) is 0 Å². The summed E-state index contributed by atoms with van der Waals surface area (Å²) >= 11 is 1.42. The lowest BCUT2D eigenvalue weighted by molar-refractivity contribution is 0.0702. The van der Waals surface area contributed by atoms with Gasteiger partial charge >= 0.3 is 5.97 Å². The van der Waals surface area contributed by atoms with E-state index in [-0.39, 0.29) is 0 Å². The van der Waals surface area contributed by atoms with Crippen LogP contribution in [0.2, 0.25) is 0 Å². The SMILES string of the molecule is O=C(O)c1ccc(CN2CCC3(CCCC3)CC2)s1. The number of carboxylic acids is 1. The smallest absolute Gasteiger partial charge is 0.345 e. The van der Waals surface area contributed by atoms with Crippen LogP contribution in [0.5, 0.6) is 0 Å². The zero-order chi connectivity index (χ0) is 13.3. The van der Waals surface area contributed by atoms with E-state index in [1.807, 2.05) is 6.07 Å². The number of likely N-dealkylation sites (tertiary alicyclic amines) is 1. The van der Waals surface area contributed by atoms with Crippen LogP contribution in [-0.4, -0.2) is 29.1 Å². The minimum Gasteiger partial charge on any atom is -0.477 e. The second-order valence-electron chi connectivity index (χ2n) is 6.05. The Balaban J connectivity index is 1.55. The molecule has 1 saturated heterocycles. The molecule has 0 radical (unpaired) electrons. The third kappa shape index (κ3) is 2.84. The summed E-state index contributed by atoms with van der Waals surface area (Å²) in [5.74, 6) is -0.806. The molecule has 0 aromatic carbocycles. The molecule has 0 unspecified atom stereocenters. The van der Waals surface area contributed by atoms with Gasteiger partial charge in [-0.15, -0.1) is 11.3 Å². The van der Waals surface area contributed by atoms with Crippen molar-refractivity contribution < 1.29 is 9.90 Å². The summed E-state index contributed by atoms with van der Waals surface area (Å²) in [4.78, 5) is 15.0. The summed E-state index contributed by atoms with van der Waals surface area (Å²) in [6.45, 7) is 3.29. The quantitative estimate of drug-likeness (QED) is 0.919. The number of hydrogen-bond acceptors (Lipinski definition) is 3. The maximum absolute atomic E-state index is 10.9. The van der Waals surface area contributed by atoms with E-state index in [0.717, 1.165) is 6.54 Å². The van der Waals surface area contributed by atoms with Gasteiger partial charge in [-0.25, -0.2) is 4.79 Å². The van der Waals surface area contributed by atoms with E-state index in [9.17, 15) is 4.79 Å². The number of carboxylic acid groups (broad SMARTS) is 1. The van der Waals surface area contributed by atoms with Crippen LogP contribution < -0.4 is 0 Å². The number of aromatic carboxylic acids is 1. The predicted molar refractivity (Wildman–Crippen MR) is 76.7 cm³/mol. The molecule has 1 aromatic heterocycles. The Hall–Kier alpha value is -0.870. The third-order valence-electron chi connectivity index (χ3n) is 4.83. The number of piperidine rings is 1. The highest BCUT2D eigenvalue weighted by Gasteiger charge is 2.36. The Labute approximate surface area is 118 Å². The molecule has 0 amide bonds. The lowest BCUT2D eigenvalue weighted by Gasteiger charge is -2.39. The summed E-state index contributed by atoms with van der Waals surface area (Å²) in [5.41, 5.74) is 0.665. The van der Waals surface area contributed by atoms with E-state index in [1.165, 1.54) is 67.8 Å². The molecule has 1 aliphatic carbocycles. The summed E-state index contributed by atoms with van der Waals surface area (Å²) in [6, 6.07) is 3.69. The minimum atomic E-state index is -0.806. The highest BCUT2D eigenvalue weighted by atomic mass is 32.1. The molecule has 1 spiro atoms. The molecule has 1 aliphatic heterocycles. The first-order valence-corrected chi connectivity index (χ1v) is 8.03. The van der Waals surface area contributed by atoms with Gasteiger partial charge in [0.25, 0.3) is 0 Å². The second kappa shape index (κ2) is 5.25. The van der Waals surface area contributed by atoms with Crippen LogP contribution in [0.1, 0.15) is 53.1 Å². The van der Waals surface area contributed by atoms with E-state index in [4.69, 9.17) is 5.11 Å². The van der Waals surface area contributed by atoms with Gasteiger partial charge < -0.3 is 5.11 Å². The molecule has 1 saturated carbocycles. The number of rotatable bonds is 3. The molecule has 2 fully saturated rings. The van der Waals surface area contributed by atoms with Crippen LogP contribution in [0.15, 0.2) is 12.1 Å². The number of hydrogen-bond donors (Lipinski definition) is 1. The third-order valence-corrected chi connectivity index (χ3v) is 5.89. The Kier molecular flexibility index (Phi) is 3.63. The fourth-order valence-electron chi connectivity index (χ4n) is 3.61. The first-order chi connectivity index (χ1) is 9.17. The zero-order valence-corrected chi connectivity index (χ0v) is 12.0. The van der Waals surface area contributed by atoms with Gasteiger partial charge in [-0.05, 0) is 56.3 Å². The lowest BCUT2D eigenvalue weighted by atomic mass is 9.77. The first-order valence-electron chi connectivity index (χ1n) is 7.21. The van der Waals surface area contributed by atoms with Gasteiger partial charge in [0, 0.05) is 11.4 Å². The van der Waals surface area contributed by atoms with Crippen molar-refractivity contribution in [2.24, 2.45) is 5.41 Å². The van der Waals surface area contributed by atoms with Crippen LogP contribution in [0.4, 0.5) is 0 Å². The molecule has 1 aromatic rings. The Morgan fingerprint density at radius 3 is 2.47 bits per heavy atom. The van der Waals surface area contributed by atoms with Crippen LogP contribution in [0, 0.1) is 5.41 Å². The molecule has 1 N–H and O–H groups in total. The fourth-order valence-corrected chi connectivity index (χ4v) is 4.50. The molecule has 19 heavy (non-hydrogen) atoms.